The van der Waals surface area contributed by atoms with Crippen LogP contribution >= 0.6 is 0 Å². The van der Waals surface area contributed by atoms with E-state index in [1.54, 1.807) is 13.0 Å². The fourth-order valence-corrected chi connectivity index (χ4v) is 1.19. The summed E-state index contributed by atoms with van der Waals surface area (Å²) in [4.78, 5) is 0. The van der Waals surface area contributed by atoms with Gasteiger partial charge in [0, 0.05) is 0 Å². The highest BCUT2D eigenvalue weighted by Gasteiger charge is 1.97. The van der Waals surface area contributed by atoms with Crippen LogP contribution in [0.15, 0.2) is 47.5 Å². The predicted octanol–water partition coefficient (Wildman–Crippen LogP) is 2.06. The Kier molecular flexibility index (Phi) is 4.05. The average molecular weight is 191 g/mol. The highest BCUT2D eigenvalue weighted by Crippen LogP contribution is 2.17. The van der Waals surface area contributed by atoms with Crippen LogP contribution in [0.25, 0.3) is 0 Å². The first-order chi connectivity index (χ1) is 6.76. The quantitative estimate of drug-likeness (QED) is 0.637. The normalized spacial score (nSPS) is 18.9. The summed E-state index contributed by atoms with van der Waals surface area (Å²) in [6, 6.07) is 0. The third-order valence-corrected chi connectivity index (χ3v) is 1.95. The molecule has 2 nitrogen and oxygen atoms in total. The molecule has 0 saturated heterocycles. The van der Waals surface area contributed by atoms with Crippen LogP contribution in [-0.2, 0) is 4.74 Å². The van der Waals surface area contributed by atoms with E-state index in [1.807, 2.05) is 6.08 Å². The Labute approximate surface area is 84.9 Å². The summed E-state index contributed by atoms with van der Waals surface area (Å²) in [6.07, 6.45) is 10.4. The molecular weight excluding hydrogens is 176 g/mol. The summed E-state index contributed by atoms with van der Waals surface area (Å²) in [5, 5.41) is 11.0. The Bertz CT molecular complexity index is 306. The van der Waals surface area contributed by atoms with E-state index in [1.165, 1.54) is 11.6 Å². The Balaban J connectivity index is 2.59. The van der Waals surface area contributed by atoms with Gasteiger partial charge in [0.1, 0.15) is 0 Å². The lowest BCUT2D eigenvalue weighted by molar-refractivity contribution is -0.356. The van der Waals surface area contributed by atoms with E-state index < -0.39 is 0 Å². The lowest BCUT2D eigenvalue weighted by Crippen LogP contribution is -2.06. The molecule has 1 aliphatic rings. The lowest BCUT2D eigenvalue weighted by atomic mass is 10.2. The second-order valence-corrected chi connectivity index (χ2v) is 2.99. The van der Waals surface area contributed by atoms with Crippen molar-refractivity contribution < 1.29 is 9.84 Å². The van der Waals surface area contributed by atoms with Gasteiger partial charge in [0.25, 0.3) is 0 Å². The molecule has 0 amide bonds. The smallest absolute Gasteiger partial charge is 0.0512 e. The van der Waals surface area contributed by atoms with Gasteiger partial charge in [-0.25, -0.2) is 0 Å². The Morgan fingerprint density at radius 2 is 2.21 bits per heavy atom. The summed E-state index contributed by atoms with van der Waals surface area (Å²) in [7, 11) is 0. The van der Waals surface area contributed by atoms with Gasteiger partial charge in [-0.3, -0.25) is 0 Å². The van der Waals surface area contributed by atoms with Gasteiger partial charge in [0.15, 0.2) is 0 Å². The molecule has 14 heavy (non-hydrogen) atoms. The van der Waals surface area contributed by atoms with Crippen LogP contribution in [0.1, 0.15) is 20.3 Å². The number of ether oxygens (including phenoxy) is 1. The highest BCUT2D eigenvalue weighted by molar-refractivity contribution is 5.47. The summed E-state index contributed by atoms with van der Waals surface area (Å²) in [5.74, 6) is -0.285. The molecule has 0 atom stereocenters. The zero-order valence-electron chi connectivity index (χ0n) is 8.62. The maximum absolute atomic E-state index is 11.0. The maximum atomic E-state index is 11.0. The van der Waals surface area contributed by atoms with Crippen molar-refractivity contribution in [3.63, 3.8) is 0 Å². The van der Waals surface area contributed by atoms with Crippen molar-refractivity contribution in [2.75, 3.05) is 6.61 Å². The minimum Gasteiger partial charge on any atom is -0.614 e. The average Bonchev–Trinajstić information content (AvgIpc) is 2.63. The monoisotopic (exact) mass is 191 g/mol. The van der Waals surface area contributed by atoms with Crippen molar-refractivity contribution in [3.8, 4) is 0 Å². The molecule has 0 heterocycles. The van der Waals surface area contributed by atoms with Crippen molar-refractivity contribution >= 4 is 0 Å². The van der Waals surface area contributed by atoms with Gasteiger partial charge in [-0.2, -0.15) is 0 Å². The zero-order chi connectivity index (χ0) is 10.4. The molecule has 0 spiro atoms. The molecule has 2 heteroatoms. The van der Waals surface area contributed by atoms with Crippen LogP contribution in [0.3, 0.4) is 0 Å². The second kappa shape index (κ2) is 5.32. The molecule has 76 valence electrons. The van der Waals surface area contributed by atoms with E-state index >= 15 is 0 Å². The molecule has 0 fully saturated rings. The van der Waals surface area contributed by atoms with Gasteiger partial charge in [-0.05, 0) is 30.2 Å². The van der Waals surface area contributed by atoms with E-state index in [-0.39, 0.29) is 5.95 Å². The highest BCUT2D eigenvalue weighted by atomic mass is 16.6. The Hall–Kier alpha value is -1.44. The van der Waals surface area contributed by atoms with Crippen molar-refractivity contribution in [3.05, 3.63) is 47.5 Å². The topological polar surface area (TPSA) is 32.3 Å². The number of hydrogen-bond acceptors (Lipinski definition) is 2. The molecular formula is C12H15O2-. The molecule has 0 aromatic heterocycles. The van der Waals surface area contributed by atoms with E-state index in [4.69, 9.17) is 4.74 Å². The van der Waals surface area contributed by atoms with Crippen molar-refractivity contribution in [1.29, 1.82) is 0 Å². The van der Waals surface area contributed by atoms with Gasteiger partial charge < -0.3 is 9.84 Å². The van der Waals surface area contributed by atoms with Gasteiger partial charge >= 0.3 is 0 Å². The SMILES string of the molecule is CCO/C([O-])=C/C=C1\C=CC(CC)=C1. The molecule has 1 rings (SSSR count). The minimum atomic E-state index is -0.285. The Morgan fingerprint density at radius 3 is 2.79 bits per heavy atom. The number of allylic oxidation sites excluding steroid dienone is 7. The molecule has 0 unspecified atom stereocenters. The largest absolute Gasteiger partial charge is 0.614 e. The summed E-state index contributed by atoms with van der Waals surface area (Å²) in [5.41, 5.74) is 2.34. The van der Waals surface area contributed by atoms with Crippen LogP contribution in [0, 0.1) is 0 Å². The molecule has 0 N–H and O–H groups in total. The van der Waals surface area contributed by atoms with Crippen molar-refractivity contribution in [2.45, 2.75) is 20.3 Å². The van der Waals surface area contributed by atoms with Gasteiger partial charge in [-0.1, -0.05) is 38.2 Å². The number of rotatable bonds is 4. The van der Waals surface area contributed by atoms with Crippen molar-refractivity contribution in [1.82, 2.24) is 0 Å². The van der Waals surface area contributed by atoms with E-state index in [0.717, 1.165) is 12.0 Å². The first-order valence-electron chi connectivity index (χ1n) is 4.86. The fraction of sp³-hybridized carbons (Fsp3) is 0.333. The first kappa shape index (κ1) is 10.6. The van der Waals surface area contributed by atoms with Crippen LogP contribution in [0.4, 0.5) is 0 Å². The second-order valence-electron chi connectivity index (χ2n) is 2.99. The van der Waals surface area contributed by atoms with Crippen LogP contribution in [0.5, 0.6) is 0 Å². The molecule has 1 aliphatic carbocycles. The lowest BCUT2D eigenvalue weighted by Gasteiger charge is -2.10. The van der Waals surface area contributed by atoms with Gasteiger partial charge in [-0.15, -0.1) is 0 Å². The van der Waals surface area contributed by atoms with Crippen molar-refractivity contribution in [2.24, 2.45) is 0 Å². The minimum absolute atomic E-state index is 0.285. The van der Waals surface area contributed by atoms with Gasteiger partial charge in [0.05, 0.1) is 5.95 Å². The van der Waals surface area contributed by atoms with Crippen LogP contribution in [0.2, 0.25) is 0 Å². The third kappa shape index (κ3) is 3.13. The standard InChI is InChI=1S/C12H16O2/c1-3-10-5-6-11(9-10)7-8-12(13)14-4-2/h5-9,13H,3-4H2,1-2H3/p-1/b11-7+,12-8+. The third-order valence-electron chi connectivity index (χ3n) is 1.95. The summed E-state index contributed by atoms with van der Waals surface area (Å²) in [6.45, 7) is 4.32. The molecule has 0 radical (unpaired) electrons. The Morgan fingerprint density at radius 1 is 1.43 bits per heavy atom. The summed E-state index contributed by atoms with van der Waals surface area (Å²) >= 11 is 0. The molecule has 0 aromatic rings. The fourth-order valence-electron chi connectivity index (χ4n) is 1.19. The first-order valence-corrected chi connectivity index (χ1v) is 4.86. The molecule has 0 aliphatic heterocycles. The van der Waals surface area contributed by atoms with E-state index in [2.05, 4.69) is 19.1 Å². The molecule has 0 aromatic carbocycles. The van der Waals surface area contributed by atoms with Crippen LogP contribution in [-0.4, -0.2) is 6.61 Å². The zero-order valence-corrected chi connectivity index (χ0v) is 8.62. The maximum Gasteiger partial charge on any atom is 0.0512 e. The molecule has 0 saturated carbocycles. The van der Waals surface area contributed by atoms with Crippen LogP contribution < -0.4 is 5.11 Å². The van der Waals surface area contributed by atoms with E-state index in [9.17, 15) is 5.11 Å². The number of hydrogen-bond donors (Lipinski definition) is 0. The predicted molar refractivity (Wildman–Crippen MR) is 55.3 cm³/mol. The van der Waals surface area contributed by atoms with Gasteiger partial charge in [0.2, 0.25) is 0 Å². The summed E-state index contributed by atoms with van der Waals surface area (Å²) < 4.78 is 4.77. The van der Waals surface area contributed by atoms with E-state index in [0.29, 0.717) is 6.61 Å². The molecule has 0 bridgehead atoms.